The highest BCUT2D eigenvalue weighted by atomic mass is 32.2. The largest absolute Gasteiger partial charge is 0.495 e. The topological polar surface area (TPSA) is 75.7 Å². The molecule has 0 heterocycles. The fourth-order valence-corrected chi connectivity index (χ4v) is 2.69. The fourth-order valence-electron chi connectivity index (χ4n) is 1.89. The third kappa shape index (κ3) is 5.50. The van der Waals surface area contributed by atoms with Crippen LogP contribution in [0.15, 0.2) is 30.9 Å². The maximum absolute atomic E-state index is 12.0. The molecule has 0 saturated heterocycles. The van der Waals surface area contributed by atoms with E-state index < -0.39 is 10.0 Å². The lowest BCUT2D eigenvalue weighted by Crippen LogP contribution is -2.33. The molecular weight excluding hydrogens is 304 g/mol. The Kier molecular flexibility index (Phi) is 6.58. The van der Waals surface area contributed by atoms with E-state index in [4.69, 9.17) is 4.74 Å². The number of hydrogen-bond acceptors (Lipinski definition) is 4. The molecule has 1 aromatic carbocycles. The molecule has 0 fully saturated rings. The minimum atomic E-state index is -3.36. The van der Waals surface area contributed by atoms with Gasteiger partial charge in [-0.1, -0.05) is 12.1 Å². The van der Waals surface area contributed by atoms with E-state index >= 15 is 0 Å². The average Bonchev–Trinajstić information content (AvgIpc) is 2.42. The molecule has 0 aromatic heterocycles. The van der Waals surface area contributed by atoms with Crippen molar-refractivity contribution in [1.82, 2.24) is 4.31 Å². The summed E-state index contributed by atoms with van der Waals surface area (Å²) in [6.45, 7) is 5.71. The van der Waals surface area contributed by atoms with Crippen LogP contribution in [0.3, 0.4) is 0 Å². The summed E-state index contributed by atoms with van der Waals surface area (Å²) in [6.07, 6.45) is 2.65. The molecular formula is C15H22N2O4S. The first-order chi connectivity index (χ1) is 10.3. The second kappa shape index (κ2) is 7.95. The summed E-state index contributed by atoms with van der Waals surface area (Å²) < 4.78 is 29.5. The van der Waals surface area contributed by atoms with Crippen molar-refractivity contribution in [1.29, 1.82) is 0 Å². The minimum absolute atomic E-state index is 0.0536. The zero-order valence-electron chi connectivity index (χ0n) is 13.1. The monoisotopic (exact) mass is 326 g/mol. The molecule has 0 radical (unpaired) electrons. The summed E-state index contributed by atoms with van der Waals surface area (Å²) in [7, 11) is -1.83. The molecule has 0 atom stereocenters. The number of sulfonamides is 1. The van der Waals surface area contributed by atoms with Crippen LogP contribution in [0.1, 0.15) is 12.0 Å². The maximum atomic E-state index is 12.0. The van der Waals surface area contributed by atoms with Crippen molar-refractivity contribution in [3.05, 3.63) is 36.4 Å². The van der Waals surface area contributed by atoms with Gasteiger partial charge in [0, 0.05) is 19.5 Å². The van der Waals surface area contributed by atoms with Gasteiger partial charge in [-0.05, 0) is 24.6 Å². The molecule has 0 saturated carbocycles. The Labute approximate surface area is 131 Å². The second-order valence-corrected chi connectivity index (χ2v) is 6.89. The van der Waals surface area contributed by atoms with Gasteiger partial charge in [0.05, 0.1) is 19.1 Å². The van der Waals surface area contributed by atoms with Crippen LogP contribution in [-0.2, 0) is 14.8 Å². The molecule has 7 heteroatoms. The summed E-state index contributed by atoms with van der Waals surface area (Å²) in [4.78, 5) is 12.0. The van der Waals surface area contributed by atoms with E-state index in [2.05, 4.69) is 11.9 Å². The predicted molar refractivity (Wildman–Crippen MR) is 87.6 cm³/mol. The predicted octanol–water partition coefficient (Wildman–Crippen LogP) is 1.78. The van der Waals surface area contributed by atoms with Gasteiger partial charge in [-0.25, -0.2) is 8.42 Å². The molecule has 22 heavy (non-hydrogen) atoms. The zero-order chi connectivity index (χ0) is 16.8. The summed E-state index contributed by atoms with van der Waals surface area (Å²) in [5, 5.41) is 2.74. The first-order valence-corrected chi connectivity index (χ1v) is 8.63. The number of nitrogens with zero attached hydrogens (tertiary/aromatic N) is 1. The van der Waals surface area contributed by atoms with Gasteiger partial charge in [0.25, 0.3) is 0 Å². The highest BCUT2D eigenvalue weighted by molar-refractivity contribution is 7.88. The van der Waals surface area contributed by atoms with E-state index in [1.807, 2.05) is 13.0 Å². The number of anilines is 1. The molecule has 0 aliphatic heterocycles. The Morgan fingerprint density at radius 2 is 2.14 bits per heavy atom. The Hall–Kier alpha value is -1.86. The Balaban J connectivity index is 2.70. The number of hydrogen-bond donors (Lipinski definition) is 1. The normalized spacial score (nSPS) is 11.3. The van der Waals surface area contributed by atoms with Crippen LogP contribution in [0.5, 0.6) is 5.75 Å². The van der Waals surface area contributed by atoms with Crippen molar-refractivity contribution in [2.24, 2.45) is 0 Å². The quantitative estimate of drug-likeness (QED) is 0.739. The summed E-state index contributed by atoms with van der Waals surface area (Å²) in [5.74, 6) is 0.284. The van der Waals surface area contributed by atoms with Gasteiger partial charge in [-0.3, -0.25) is 4.79 Å². The van der Waals surface area contributed by atoms with Crippen molar-refractivity contribution in [2.75, 3.05) is 31.8 Å². The number of rotatable bonds is 8. The van der Waals surface area contributed by atoms with Crippen molar-refractivity contribution in [3.63, 3.8) is 0 Å². The first-order valence-electron chi connectivity index (χ1n) is 6.78. The van der Waals surface area contributed by atoms with Crippen molar-refractivity contribution >= 4 is 21.6 Å². The van der Waals surface area contributed by atoms with Gasteiger partial charge in [0.2, 0.25) is 15.9 Å². The van der Waals surface area contributed by atoms with Crippen molar-refractivity contribution < 1.29 is 17.9 Å². The number of amides is 1. The maximum Gasteiger partial charge on any atom is 0.225 e. The van der Waals surface area contributed by atoms with Crippen LogP contribution in [0.4, 0.5) is 5.69 Å². The Bertz CT molecular complexity index is 641. The van der Waals surface area contributed by atoms with E-state index in [9.17, 15) is 13.2 Å². The second-order valence-electron chi connectivity index (χ2n) is 4.91. The van der Waals surface area contributed by atoms with Crippen LogP contribution in [0.25, 0.3) is 0 Å². The summed E-state index contributed by atoms with van der Waals surface area (Å²) in [5.41, 5.74) is 1.56. The van der Waals surface area contributed by atoms with Gasteiger partial charge in [-0.15, -0.1) is 6.58 Å². The van der Waals surface area contributed by atoms with Gasteiger partial charge < -0.3 is 10.1 Å². The first kappa shape index (κ1) is 18.2. The van der Waals surface area contributed by atoms with E-state index in [1.165, 1.54) is 17.5 Å². The number of benzene rings is 1. The lowest BCUT2D eigenvalue weighted by atomic mass is 10.2. The molecule has 0 aliphatic rings. The van der Waals surface area contributed by atoms with Crippen molar-refractivity contribution in [3.8, 4) is 5.75 Å². The lowest BCUT2D eigenvalue weighted by molar-refractivity contribution is -0.116. The molecule has 6 nitrogen and oxygen atoms in total. The summed E-state index contributed by atoms with van der Waals surface area (Å²) in [6, 6.07) is 5.45. The number of carbonyl (C=O) groups excluding carboxylic acids is 1. The molecule has 122 valence electrons. The highest BCUT2D eigenvalue weighted by Crippen LogP contribution is 2.25. The Morgan fingerprint density at radius 1 is 1.45 bits per heavy atom. The van der Waals surface area contributed by atoms with Crippen LogP contribution >= 0.6 is 0 Å². The minimum Gasteiger partial charge on any atom is -0.495 e. The molecule has 0 spiro atoms. The zero-order valence-corrected chi connectivity index (χ0v) is 13.9. The third-order valence-electron chi connectivity index (χ3n) is 3.02. The van der Waals surface area contributed by atoms with Crippen LogP contribution in [0.2, 0.25) is 0 Å². The highest BCUT2D eigenvalue weighted by Gasteiger charge is 2.17. The van der Waals surface area contributed by atoms with Crippen LogP contribution in [0, 0.1) is 6.92 Å². The number of ether oxygens (including phenoxy) is 1. The lowest BCUT2D eigenvalue weighted by Gasteiger charge is -2.18. The van der Waals surface area contributed by atoms with Gasteiger partial charge in [0.1, 0.15) is 5.75 Å². The molecule has 1 rings (SSSR count). The smallest absolute Gasteiger partial charge is 0.225 e. The fraction of sp³-hybridized carbons (Fsp3) is 0.400. The number of methoxy groups -OCH3 is 1. The number of carbonyl (C=O) groups is 1. The number of aryl methyl sites for hydroxylation is 1. The average molecular weight is 326 g/mol. The molecule has 1 N–H and O–H groups in total. The molecule has 1 amide bonds. The van der Waals surface area contributed by atoms with E-state index in [0.29, 0.717) is 11.4 Å². The van der Waals surface area contributed by atoms with Crippen LogP contribution < -0.4 is 10.1 Å². The molecule has 0 aliphatic carbocycles. The third-order valence-corrected chi connectivity index (χ3v) is 4.29. The van der Waals surface area contributed by atoms with Gasteiger partial charge >= 0.3 is 0 Å². The van der Waals surface area contributed by atoms with E-state index in [1.54, 1.807) is 12.1 Å². The van der Waals surface area contributed by atoms with E-state index in [-0.39, 0.29) is 25.4 Å². The van der Waals surface area contributed by atoms with E-state index in [0.717, 1.165) is 11.8 Å². The van der Waals surface area contributed by atoms with Crippen LogP contribution in [-0.4, -0.2) is 45.1 Å². The standard InChI is InChI=1S/C15H22N2O4S/c1-5-9-17(22(4,19)20)10-8-15(18)16-13-11-12(2)6-7-14(13)21-3/h5-7,11H,1,8-10H2,2-4H3,(H,16,18). The molecule has 0 unspecified atom stereocenters. The SMILES string of the molecule is C=CCN(CCC(=O)Nc1cc(C)ccc1OC)S(C)(=O)=O. The Morgan fingerprint density at radius 3 is 2.68 bits per heavy atom. The molecule has 0 bridgehead atoms. The van der Waals surface area contributed by atoms with Gasteiger partial charge in [-0.2, -0.15) is 4.31 Å². The van der Waals surface area contributed by atoms with Gasteiger partial charge in [0.15, 0.2) is 0 Å². The summed E-state index contributed by atoms with van der Waals surface area (Å²) >= 11 is 0. The van der Waals surface area contributed by atoms with Crippen molar-refractivity contribution in [2.45, 2.75) is 13.3 Å². The number of nitrogens with one attached hydrogen (secondary N) is 1. The molecule has 1 aromatic rings.